The number of ketones is 1. The molecule has 0 saturated carbocycles. The zero-order chi connectivity index (χ0) is 18.3. The first-order valence-corrected chi connectivity index (χ1v) is 9.20. The van der Waals surface area contributed by atoms with Crippen molar-refractivity contribution in [2.75, 3.05) is 13.2 Å². The Hall–Kier alpha value is -1.88. The number of benzene rings is 2. The number of ether oxygens (including phenoxy) is 3. The van der Waals surface area contributed by atoms with E-state index in [1.165, 1.54) is 0 Å². The van der Waals surface area contributed by atoms with Crippen molar-refractivity contribution in [3.05, 3.63) is 63.7 Å². The van der Waals surface area contributed by atoms with Gasteiger partial charge in [0.25, 0.3) is 0 Å². The number of carbonyl (C=O) groups is 1. The summed E-state index contributed by atoms with van der Waals surface area (Å²) >= 11 is 6.08. The maximum Gasteiger partial charge on any atom is 0.193 e. The standard InChI is InChI=1S/C21H21ClO4/c1-21(2)25-12-17(26-21)11-24-16-7-5-13-3-4-14-9-15(22)6-8-18(14)20(23)19(13)10-16/h5-10,17H,3-4,11-12H2,1-2H3/t17-/m0/s1. The van der Waals surface area contributed by atoms with Gasteiger partial charge in [-0.2, -0.15) is 0 Å². The number of rotatable bonds is 3. The highest BCUT2D eigenvalue weighted by molar-refractivity contribution is 6.30. The zero-order valence-electron chi connectivity index (χ0n) is 14.9. The SMILES string of the molecule is CC1(C)OC[C@H](COc2ccc3c(c2)C(=O)c2ccc(Cl)cc2CC3)O1. The van der Waals surface area contributed by atoms with Crippen LogP contribution in [0.2, 0.25) is 5.02 Å². The number of hydrogen-bond acceptors (Lipinski definition) is 4. The molecule has 0 N–H and O–H groups in total. The molecule has 136 valence electrons. The van der Waals surface area contributed by atoms with Crippen molar-refractivity contribution in [3.63, 3.8) is 0 Å². The van der Waals surface area contributed by atoms with E-state index in [0.29, 0.717) is 29.5 Å². The number of fused-ring (bicyclic) bond motifs is 2. The second kappa shape index (κ2) is 6.69. The summed E-state index contributed by atoms with van der Waals surface area (Å²) in [6.45, 7) is 4.67. The lowest BCUT2D eigenvalue weighted by molar-refractivity contribution is -0.141. The van der Waals surface area contributed by atoms with Gasteiger partial charge >= 0.3 is 0 Å². The molecule has 0 spiro atoms. The Kier molecular flexibility index (Phi) is 4.51. The molecule has 2 aliphatic rings. The van der Waals surface area contributed by atoms with Crippen LogP contribution in [0.25, 0.3) is 0 Å². The molecule has 1 fully saturated rings. The fraction of sp³-hybridized carbons (Fsp3) is 0.381. The molecule has 2 aromatic carbocycles. The van der Waals surface area contributed by atoms with Gasteiger partial charge in [0.1, 0.15) is 18.5 Å². The van der Waals surface area contributed by atoms with Gasteiger partial charge in [-0.25, -0.2) is 0 Å². The Labute approximate surface area is 158 Å². The third kappa shape index (κ3) is 3.50. The van der Waals surface area contributed by atoms with Crippen molar-refractivity contribution >= 4 is 17.4 Å². The fourth-order valence-electron chi connectivity index (χ4n) is 3.51. The van der Waals surface area contributed by atoms with Crippen LogP contribution in [0.3, 0.4) is 0 Å². The van der Waals surface area contributed by atoms with Crippen LogP contribution in [-0.2, 0) is 22.3 Å². The Morgan fingerprint density at radius 2 is 1.92 bits per heavy atom. The first-order valence-electron chi connectivity index (χ1n) is 8.82. The van der Waals surface area contributed by atoms with Crippen LogP contribution < -0.4 is 4.74 Å². The van der Waals surface area contributed by atoms with E-state index in [0.717, 1.165) is 29.5 Å². The summed E-state index contributed by atoms with van der Waals surface area (Å²) in [5.41, 5.74) is 3.46. The summed E-state index contributed by atoms with van der Waals surface area (Å²) < 4.78 is 17.2. The highest BCUT2D eigenvalue weighted by atomic mass is 35.5. The molecule has 0 aromatic heterocycles. The van der Waals surface area contributed by atoms with Crippen LogP contribution in [0.15, 0.2) is 36.4 Å². The highest BCUT2D eigenvalue weighted by Crippen LogP contribution is 2.29. The van der Waals surface area contributed by atoms with Crippen molar-refractivity contribution in [1.82, 2.24) is 0 Å². The second-order valence-electron chi connectivity index (χ2n) is 7.21. The average Bonchev–Trinajstić information content (AvgIpc) is 2.90. The molecule has 2 aromatic rings. The van der Waals surface area contributed by atoms with Crippen molar-refractivity contribution in [3.8, 4) is 5.75 Å². The van der Waals surface area contributed by atoms with Crippen LogP contribution in [0.5, 0.6) is 5.75 Å². The minimum absolute atomic E-state index is 0.0243. The molecule has 1 atom stereocenters. The molecule has 0 bridgehead atoms. The van der Waals surface area contributed by atoms with Crippen molar-refractivity contribution in [2.45, 2.75) is 38.6 Å². The molecule has 1 saturated heterocycles. The maximum absolute atomic E-state index is 13.0. The molecule has 1 heterocycles. The lowest BCUT2D eigenvalue weighted by Gasteiger charge is -2.17. The minimum atomic E-state index is -0.567. The van der Waals surface area contributed by atoms with E-state index in [9.17, 15) is 4.79 Å². The van der Waals surface area contributed by atoms with Crippen molar-refractivity contribution in [1.29, 1.82) is 0 Å². The first kappa shape index (κ1) is 17.5. The van der Waals surface area contributed by atoms with E-state index in [-0.39, 0.29) is 11.9 Å². The number of halogens is 1. The van der Waals surface area contributed by atoms with Gasteiger partial charge in [-0.1, -0.05) is 17.7 Å². The number of carbonyl (C=O) groups excluding carboxylic acids is 1. The molecular weight excluding hydrogens is 352 g/mol. The summed E-state index contributed by atoms with van der Waals surface area (Å²) in [6, 6.07) is 11.2. The minimum Gasteiger partial charge on any atom is -0.491 e. The molecular formula is C21H21ClO4. The molecule has 4 rings (SSSR count). The smallest absolute Gasteiger partial charge is 0.193 e. The van der Waals surface area contributed by atoms with Gasteiger partial charge in [-0.05, 0) is 68.1 Å². The lowest BCUT2D eigenvalue weighted by atomic mass is 9.99. The predicted molar refractivity (Wildman–Crippen MR) is 99.1 cm³/mol. The van der Waals surface area contributed by atoms with E-state index in [1.807, 2.05) is 44.2 Å². The molecule has 0 amide bonds. The van der Waals surface area contributed by atoms with E-state index in [2.05, 4.69) is 0 Å². The molecule has 1 aliphatic carbocycles. The summed E-state index contributed by atoms with van der Waals surface area (Å²) in [5.74, 6) is 0.127. The Balaban J connectivity index is 1.54. The Morgan fingerprint density at radius 3 is 2.69 bits per heavy atom. The normalized spacial score (nSPS) is 21.0. The number of hydrogen-bond donors (Lipinski definition) is 0. The Bertz CT molecular complexity index is 859. The fourth-order valence-corrected chi connectivity index (χ4v) is 3.71. The van der Waals surface area contributed by atoms with Gasteiger partial charge in [0.15, 0.2) is 11.6 Å². The molecule has 26 heavy (non-hydrogen) atoms. The summed E-state index contributed by atoms with van der Waals surface area (Å²) in [6.07, 6.45) is 1.50. The topological polar surface area (TPSA) is 44.8 Å². The van der Waals surface area contributed by atoms with Crippen molar-refractivity contribution in [2.24, 2.45) is 0 Å². The second-order valence-corrected chi connectivity index (χ2v) is 7.65. The van der Waals surface area contributed by atoms with E-state index in [4.69, 9.17) is 25.8 Å². The maximum atomic E-state index is 13.0. The largest absolute Gasteiger partial charge is 0.491 e. The van der Waals surface area contributed by atoms with Crippen LogP contribution >= 0.6 is 11.6 Å². The molecule has 0 unspecified atom stereocenters. The summed E-state index contributed by atoms with van der Waals surface area (Å²) in [5, 5.41) is 0.660. The molecule has 4 nitrogen and oxygen atoms in total. The van der Waals surface area contributed by atoms with Gasteiger partial charge in [-0.15, -0.1) is 0 Å². The first-order chi connectivity index (χ1) is 12.4. The quantitative estimate of drug-likeness (QED) is 0.810. The van der Waals surface area contributed by atoms with E-state index < -0.39 is 5.79 Å². The summed E-state index contributed by atoms with van der Waals surface area (Å²) in [4.78, 5) is 13.0. The van der Waals surface area contributed by atoms with Crippen LogP contribution in [0.4, 0.5) is 0 Å². The Morgan fingerprint density at radius 1 is 1.12 bits per heavy atom. The number of aryl methyl sites for hydroxylation is 2. The van der Waals surface area contributed by atoms with Crippen LogP contribution in [0, 0.1) is 0 Å². The van der Waals surface area contributed by atoms with Gasteiger partial charge in [-0.3, -0.25) is 4.79 Å². The third-order valence-electron chi connectivity index (χ3n) is 4.80. The highest BCUT2D eigenvalue weighted by Gasteiger charge is 2.33. The van der Waals surface area contributed by atoms with Gasteiger partial charge < -0.3 is 14.2 Å². The van der Waals surface area contributed by atoms with Crippen molar-refractivity contribution < 1.29 is 19.0 Å². The monoisotopic (exact) mass is 372 g/mol. The lowest BCUT2D eigenvalue weighted by Crippen LogP contribution is -2.25. The molecule has 5 heteroatoms. The molecule has 1 aliphatic heterocycles. The van der Waals surface area contributed by atoms with Crippen LogP contribution in [0.1, 0.15) is 40.9 Å². The average molecular weight is 373 g/mol. The van der Waals surface area contributed by atoms with E-state index in [1.54, 1.807) is 6.07 Å². The van der Waals surface area contributed by atoms with Crippen LogP contribution in [-0.4, -0.2) is 30.9 Å². The molecule has 0 radical (unpaired) electrons. The van der Waals surface area contributed by atoms with Gasteiger partial charge in [0.05, 0.1) is 6.61 Å². The predicted octanol–water partition coefficient (Wildman–Crippen LogP) is 4.20. The third-order valence-corrected chi connectivity index (χ3v) is 5.04. The summed E-state index contributed by atoms with van der Waals surface area (Å²) in [7, 11) is 0. The zero-order valence-corrected chi connectivity index (χ0v) is 15.6. The van der Waals surface area contributed by atoms with Gasteiger partial charge in [0, 0.05) is 16.1 Å². The van der Waals surface area contributed by atoms with E-state index >= 15 is 0 Å². The van der Waals surface area contributed by atoms with Gasteiger partial charge in [0.2, 0.25) is 0 Å².